The van der Waals surface area contributed by atoms with Crippen LogP contribution in [-0.4, -0.2) is 26.0 Å². The van der Waals surface area contributed by atoms with Gasteiger partial charge in [-0.05, 0) is 55.5 Å². The maximum Gasteiger partial charge on any atom is 0.123 e. The minimum absolute atomic E-state index is 0.302. The zero-order valence-electron chi connectivity index (χ0n) is 18.2. The van der Waals surface area contributed by atoms with Gasteiger partial charge < -0.3 is 10.6 Å². The first kappa shape index (κ1) is 20.9. The number of hydrogen-bond donors (Lipinski definition) is 2. The van der Waals surface area contributed by atoms with E-state index in [0.29, 0.717) is 28.2 Å². The van der Waals surface area contributed by atoms with Crippen LogP contribution in [0.5, 0.6) is 0 Å². The number of pyridine rings is 1. The molecule has 9 heteroatoms. The first-order valence-electron chi connectivity index (χ1n) is 11.3. The lowest BCUT2D eigenvalue weighted by Crippen LogP contribution is -2.13. The predicted molar refractivity (Wildman–Crippen MR) is 128 cm³/mol. The van der Waals surface area contributed by atoms with E-state index in [1.54, 1.807) is 18.3 Å². The number of aromatic nitrogens is 4. The number of hydrogen-bond acceptors (Lipinski definition) is 6. The van der Waals surface area contributed by atoms with Crippen molar-refractivity contribution in [1.29, 1.82) is 5.26 Å². The van der Waals surface area contributed by atoms with Gasteiger partial charge in [-0.2, -0.15) is 5.26 Å². The molecule has 1 atom stereocenters. The van der Waals surface area contributed by atoms with E-state index in [-0.39, 0.29) is 11.9 Å². The highest BCUT2D eigenvalue weighted by Crippen LogP contribution is 2.38. The van der Waals surface area contributed by atoms with Crippen LogP contribution in [0.2, 0.25) is 5.02 Å². The minimum atomic E-state index is -0.367. The number of halogens is 2. The zero-order valence-corrected chi connectivity index (χ0v) is 18.9. The van der Waals surface area contributed by atoms with Crippen molar-refractivity contribution in [3.63, 3.8) is 0 Å². The fraction of sp³-hybridized carbons (Fsp3) is 0.280. The second-order valence-electron chi connectivity index (χ2n) is 8.92. The second-order valence-corrected chi connectivity index (χ2v) is 9.32. The highest BCUT2D eigenvalue weighted by atomic mass is 35.5. The molecule has 2 aliphatic carbocycles. The Morgan fingerprint density at radius 1 is 1.15 bits per heavy atom. The average molecular weight is 474 g/mol. The van der Waals surface area contributed by atoms with Gasteiger partial charge in [-0.15, -0.1) is 5.10 Å². The van der Waals surface area contributed by atoms with Crippen molar-refractivity contribution in [2.45, 2.75) is 43.8 Å². The molecule has 0 saturated heterocycles. The Morgan fingerprint density at radius 3 is 2.65 bits per heavy atom. The van der Waals surface area contributed by atoms with Gasteiger partial charge in [-0.3, -0.25) is 4.98 Å². The van der Waals surface area contributed by atoms with Crippen molar-refractivity contribution >= 4 is 33.9 Å². The SMILES string of the molecule is N#Cc1cnc2c(Cl)cc(NC(c3ccc(F)cc3)c3cn(C4CC4)nn3)cc2c1NC1CC1. The van der Waals surface area contributed by atoms with Crippen LogP contribution in [0.4, 0.5) is 15.8 Å². The molecule has 1 unspecified atom stereocenters. The monoisotopic (exact) mass is 473 g/mol. The normalized spacial score (nSPS) is 16.3. The van der Waals surface area contributed by atoms with Gasteiger partial charge in [0.2, 0.25) is 0 Å². The van der Waals surface area contributed by atoms with Crippen molar-refractivity contribution in [3.8, 4) is 6.07 Å². The fourth-order valence-corrected chi connectivity index (χ4v) is 4.37. The van der Waals surface area contributed by atoms with Crippen LogP contribution in [0.25, 0.3) is 10.9 Å². The standard InChI is InChI=1S/C25H21ClFN7/c26-21-10-18(9-20-23(30-17-5-6-17)15(11-28)12-29-25(20)21)31-24(14-1-3-16(27)4-2-14)22-13-34(33-32-22)19-7-8-19/h1-4,9-10,12-13,17,19,24,31H,5-8H2,(H,29,30). The summed E-state index contributed by atoms with van der Waals surface area (Å²) in [6.45, 7) is 0. The van der Waals surface area contributed by atoms with E-state index in [4.69, 9.17) is 11.6 Å². The fourth-order valence-electron chi connectivity index (χ4n) is 4.11. The van der Waals surface area contributed by atoms with Crippen LogP contribution >= 0.6 is 11.6 Å². The number of rotatable bonds is 7. The molecule has 0 bridgehead atoms. The Balaban J connectivity index is 1.43. The Bertz CT molecular complexity index is 1420. The molecule has 2 heterocycles. The van der Waals surface area contributed by atoms with Gasteiger partial charge in [0, 0.05) is 23.3 Å². The molecule has 0 spiro atoms. The Morgan fingerprint density at radius 2 is 1.94 bits per heavy atom. The van der Waals surface area contributed by atoms with E-state index in [1.807, 2.05) is 23.0 Å². The molecule has 2 aromatic carbocycles. The summed E-state index contributed by atoms with van der Waals surface area (Å²) in [6.07, 6.45) is 7.85. The van der Waals surface area contributed by atoms with Gasteiger partial charge in [0.25, 0.3) is 0 Å². The number of nitrogens with zero attached hydrogens (tertiary/aromatic N) is 5. The van der Waals surface area contributed by atoms with Crippen molar-refractivity contribution in [1.82, 2.24) is 20.0 Å². The van der Waals surface area contributed by atoms with Crippen LogP contribution in [-0.2, 0) is 0 Å². The molecule has 2 aliphatic rings. The quantitative estimate of drug-likeness (QED) is 0.363. The van der Waals surface area contributed by atoms with Gasteiger partial charge in [0.15, 0.2) is 0 Å². The third-order valence-electron chi connectivity index (χ3n) is 6.23. The Labute approximate surface area is 200 Å². The van der Waals surface area contributed by atoms with E-state index in [9.17, 15) is 9.65 Å². The maximum absolute atomic E-state index is 13.6. The van der Waals surface area contributed by atoms with Gasteiger partial charge in [0.05, 0.1) is 40.1 Å². The second kappa shape index (κ2) is 8.26. The highest BCUT2D eigenvalue weighted by molar-refractivity contribution is 6.35. The predicted octanol–water partition coefficient (Wildman–Crippen LogP) is 5.60. The van der Waals surface area contributed by atoms with E-state index in [0.717, 1.165) is 53.7 Å². The number of anilines is 2. The van der Waals surface area contributed by atoms with E-state index < -0.39 is 0 Å². The van der Waals surface area contributed by atoms with Crippen molar-refractivity contribution < 1.29 is 4.39 Å². The summed E-state index contributed by atoms with van der Waals surface area (Å²) in [7, 11) is 0. The van der Waals surface area contributed by atoms with Crippen LogP contribution in [0, 0.1) is 17.1 Å². The largest absolute Gasteiger partial charge is 0.381 e. The summed E-state index contributed by atoms with van der Waals surface area (Å²) >= 11 is 6.64. The molecule has 4 aromatic rings. The summed E-state index contributed by atoms with van der Waals surface area (Å²) in [6, 6.07) is 12.7. The average Bonchev–Trinajstić information content (AvgIpc) is 3.78. The van der Waals surface area contributed by atoms with Gasteiger partial charge in [-0.1, -0.05) is 28.9 Å². The molecule has 2 aromatic heterocycles. The lowest BCUT2D eigenvalue weighted by Gasteiger charge is -2.20. The molecule has 2 fully saturated rings. The number of fused-ring (bicyclic) bond motifs is 1. The van der Waals surface area contributed by atoms with Crippen molar-refractivity contribution in [2.24, 2.45) is 0 Å². The number of benzene rings is 2. The van der Waals surface area contributed by atoms with E-state index in [2.05, 4.69) is 32.0 Å². The van der Waals surface area contributed by atoms with Crippen molar-refractivity contribution in [3.05, 3.63) is 76.5 Å². The molecule has 2 N–H and O–H groups in total. The highest BCUT2D eigenvalue weighted by Gasteiger charge is 2.27. The summed E-state index contributed by atoms with van der Waals surface area (Å²) < 4.78 is 15.5. The molecular weight excluding hydrogens is 453 g/mol. The third-order valence-corrected chi connectivity index (χ3v) is 6.52. The molecule has 0 aliphatic heterocycles. The molecule has 34 heavy (non-hydrogen) atoms. The number of nitriles is 1. The summed E-state index contributed by atoms with van der Waals surface area (Å²) in [5.41, 5.74) is 4.18. The Kier molecular flexibility index (Phi) is 5.07. The maximum atomic E-state index is 13.6. The van der Waals surface area contributed by atoms with Crippen LogP contribution < -0.4 is 10.6 Å². The minimum Gasteiger partial charge on any atom is -0.381 e. The molecule has 0 radical (unpaired) electrons. The van der Waals surface area contributed by atoms with E-state index >= 15 is 0 Å². The lowest BCUT2D eigenvalue weighted by molar-refractivity contribution is 0.610. The van der Waals surface area contributed by atoms with Crippen molar-refractivity contribution in [2.75, 3.05) is 10.6 Å². The molecule has 6 rings (SSSR count). The summed E-state index contributed by atoms with van der Waals surface area (Å²) in [5, 5.41) is 26.6. The van der Waals surface area contributed by atoms with Gasteiger partial charge in [-0.25, -0.2) is 9.07 Å². The lowest BCUT2D eigenvalue weighted by atomic mass is 10.0. The molecule has 7 nitrogen and oxygen atoms in total. The summed E-state index contributed by atoms with van der Waals surface area (Å²) in [4.78, 5) is 4.43. The topological polar surface area (TPSA) is 91.5 Å². The van der Waals surface area contributed by atoms with Crippen LogP contribution in [0.15, 0.2) is 48.8 Å². The van der Waals surface area contributed by atoms with Gasteiger partial charge in [0.1, 0.15) is 17.6 Å². The van der Waals surface area contributed by atoms with Crippen LogP contribution in [0.3, 0.4) is 0 Å². The zero-order chi connectivity index (χ0) is 23.2. The Hall–Kier alpha value is -3.70. The summed E-state index contributed by atoms with van der Waals surface area (Å²) in [5.74, 6) is -0.302. The third kappa shape index (κ3) is 4.03. The van der Waals surface area contributed by atoms with Gasteiger partial charge >= 0.3 is 0 Å². The first-order chi connectivity index (χ1) is 16.6. The van der Waals surface area contributed by atoms with E-state index in [1.165, 1.54) is 12.1 Å². The molecule has 170 valence electrons. The first-order valence-corrected chi connectivity index (χ1v) is 11.7. The smallest absolute Gasteiger partial charge is 0.123 e. The molecule has 2 saturated carbocycles. The molecule has 0 amide bonds. The number of nitrogens with one attached hydrogen (secondary N) is 2. The van der Waals surface area contributed by atoms with Crippen LogP contribution in [0.1, 0.15) is 54.6 Å². The molecular formula is C25H21ClFN7.